The van der Waals surface area contributed by atoms with Crippen molar-refractivity contribution in [2.45, 2.75) is 77.2 Å². The van der Waals surface area contributed by atoms with Gasteiger partial charge in [0.2, 0.25) is 0 Å². The lowest BCUT2D eigenvalue weighted by Crippen LogP contribution is -2.30. The molecule has 0 aliphatic rings. The van der Waals surface area contributed by atoms with Crippen molar-refractivity contribution in [2.24, 2.45) is 5.92 Å². The Morgan fingerprint density at radius 1 is 0.771 bits per heavy atom. The Morgan fingerprint density at radius 3 is 1.91 bits per heavy atom. The van der Waals surface area contributed by atoms with E-state index in [1.54, 1.807) is 14.2 Å². The molecule has 2 aromatic rings. The van der Waals surface area contributed by atoms with Gasteiger partial charge in [0.05, 0.1) is 25.4 Å². The van der Waals surface area contributed by atoms with Crippen molar-refractivity contribution >= 4 is 0 Å². The summed E-state index contributed by atoms with van der Waals surface area (Å²) in [4.78, 5) is 0. The highest BCUT2D eigenvalue weighted by Gasteiger charge is 2.24. The second-order valence-corrected chi connectivity index (χ2v) is 8.86. The molecule has 0 fully saturated rings. The Morgan fingerprint density at radius 2 is 1.37 bits per heavy atom. The highest BCUT2D eigenvalue weighted by atomic mass is 16.7. The minimum absolute atomic E-state index is 0.00510. The van der Waals surface area contributed by atoms with Gasteiger partial charge in [-0.25, -0.2) is 0 Å². The second-order valence-electron chi connectivity index (χ2n) is 8.86. The maximum Gasteiger partial charge on any atom is 0.159 e. The molecule has 35 heavy (non-hydrogen) atoms. The van der Waals surface area contributed by atoms with Gasteiger partial charge < -0.3 is 24.1 Å². The maximum atomic E-state index is 9.83. The van der Waals surface area contributed by atoms with Gasteiger partial charge in [-0.3, -0.25) is 0 Å². The van der Waals surface area contributed by atoms with Gasteiger partial charge in [-0.1, -0.05) is 99.0 Å². The van der Waals surface area contributed by atoms with Crippen LogP contribution in [0.1, 0.15) is 56.6 Å². The molecule has 0 spiro atoms. The largest absolute Gasteiger partial charge is 0.396 e. The molecule has 0 bridgehead atoms. The first kappa shape index (κ1) is 29.2. The fraction of sp³-hybridized carbons (Fsp3) is 0.533. The topological polar surface area (TPSA) is 57.2 Å². The van der Waals surface area contributed by atoms with E-state index in [1.807, 2.05) is 36.4 Å². The van der Waals surface area contributed by atoms with E-state index in [-0.39, 0.29) is 31.0 Å². The molecule has 0 amide bonds. The summed E-state index contributed by atoms with van der Waals surface area (Å²) in [5.74, 6) is 0.00510. The molecule has 5 heteroatoms. The van der Waals surface area contributed by atoms with Gasteiger partial charge >= 0.3 is 0 Å². The van der Waals surface area contributed by atoms with E-state index in [0.717, 1.165) is 18.4 Å². The molecule has 0 heterocycles. The highest BCUT2D eigenvalue weighted by molar-refractivity contribution is 5.14. The van der Waals surface area contributed by atoms with Crippen LogP contribution in [0, 0.1) is 5.92 Å². The summed E-state index contributed by atoms with van der Waals surface area (Å²) in [7, 11) is 3.28. The third-order valence-electron chi connectivity index (χ3n) is 6.17. The van der Waals surface area contributed by atoms with Crippen molar-refractivity contribution in [3.63, 3.8) is 0 Å². The van der Waals surface area contributed by atoms with Crippen LogP contribution in [0.4, 0.5) is 0 Å². The summed E-state index contributed by atoms with van der Waals surface area (Å²) in [5, 5.41) is 9.83. The SMILES string of the molecule is CCCCCC(C=CC(CCO)C(CC(OC)OC)OCc1ccccc1)OCc1ccccc1. The molecule has 0 aromatic heterocycles. The van der Waals surface area contributed by atoms with E-state index in [9.17, 15) is 5.11 Å². The lowest BCUT2D eigenvalue weighted by Gasteiger charge is -2.28. The first-order valence-electron chi connectivity index (χ1n) is 12.9. The van der Waals surface area contributed by atoms with Crippen molar-refractivity contribution in [1.82, 2.24) is 0 Å². The molecule has 0 saturated heterocycles. The van der Waals surface area contributed by atoms with Crippen molar-refractivity contribution in [2.75, 3.05) is 20.8 Å². The fourth-order valence-electron chi connectivity index (χ4n) is 4.05. The molecular weight excluding hydrogens is 440 g/mol. The molecule has 3 atom stereocenters. The Labute approximate surface area is 212 Å². The molecule has 5 nitrogen and oxygen atoms in total. The molecule has 194 valence electrons. The van der Waals surface area contributed by atoms with E-state index in [0.29, 0.717) is 26.1 Å². The number of aliphatic hydroxyl groups excluding tert-OH is 1. The summed E-state index contributed by atoms with van der Waals surface area (Å²) in [6, 6.07) is 20.4. The Hall–Kier alpha value is -2.02. The summed E-state index contributed by atoms with van der Waals surface area (Å²) in [6.45, 7) is 3.36. The van der Waals surface area contributed by atoms with Gasteiger partial charge in [-0.05, 0) is 24.0 Å². The summed E-state index contributed by atoms with van der Waals surface area (Å²) in [5.41, 5.74) is 2.28. The van der Waals surface area contributed by atoms with Crippen molar-refractivity contribution in [3.8, 4) is 0 Å². The van der Waals surface area contributed by atoms with Crippen molar-refractivity contribution < 1.29 is 24.1 Å². The van der Waals surface area contributed by atoms with Crippen LogP contribution in [0.15, 0.2) is 72.8 Å². The van der Waals surface area contributed by atoms with Crippen molar-refractivity contribution in [3.05, 3.63) is 83.9 Å². The van der Waals surface area contributed by atoms with E-state index in [2.05, 4.69) is 43.3 Å². The second kappa shape index (κ2) is 18.3. The number of rotatable bonds is 19. The molecular formula is C30H44O5. The van der Waals surface area contributed by atoms with Crippen LogP contribution < -0.4 is 0 Å². The highest BCUT2D eigenvalue weighted by Crippen LogP contribution is 2.23. The Bertz CT molecular complexity index is 776. The average molecular weight is 485 g/mol. The van der Waals surface area contributed by atoms with Crippen LogP contribution in [0.5, 0.6) is 0 Å². The number of methoxy groups -OCH3 is 2. The van der Waals surface area contributed by atoms with Gasteiger partial charge in [0.15, 0.2) is 6.29 Å². The zero-order valence-corrected chi connectivity index (χ0v) is 21.7. The molecule has 2 aromatic carbocycles. The smallest absolute Gasteiger partial charge is 0.159 e. The lowest BCUT2D eigenvalue weighted by atomic mass is 9.94. The van der Waals surface area contributed by atoms with Crippen molar-refractivity contribution in [1.29, 1.82) is 0 Å². The molecule has 3 unspecified atom stereocenters. The third-order valence-corrected chi connectivity index (χ3v) is 6.17. The zero-order valence-electron chi connectivity index (χ0n) is 21.7. The van der Waals surface area contributed by atoms with Gasteiger partial charge in [-0.15, -0.1) is 0 Å². The fourth-order valence-corrected chi connectivity index (χ4v) is 4.05. The minimum atomic E-state index is -0.375. The van der Waals surface area contributed by atoms with Crippen LogP contribution in [0.3, 0.4) is 0 Å². The number of aliphatic hydroxyl groups is 1. The minimum Gasteiger partial charge on any atom is -0.396 e. The van der Waals surface area contributed by atoms with E-state index in [4.69, 9.17) is 18.9 Å². The predicted octanol–water partition coefficient (Wildman–Crippen LogP) is 6.30. The molecule has 0 radical (unpaired) electrons. The van der Waals surface area contributed by atoms with Gasteiger partial charge in [0.1, 0.15) is 0 Å². The predicted molar refractivity (Wildman–Crippen MR) is 141 cm³/mol. The van der Waals surface area contributed by atoms with Gasteiger partial charge in [-0.2, -0.15) is 0 Å². The standard InChI is InChI=1S/C30H44O5/c1-4-5-8-17-28(34-23-25-13-9-6-10-14-25)19-18-27(20-21-31)29(22-30(32-2)33-3)35-24-26-15-11-7-12-16-26/h6-7,9-16,18-19,27-31H,4-5,8,17,20-24H2,1-3H3. The molecule has 1 N–H and O–H groups in total. The van der Waals surface area contributed by atoms with Gasteiger partial charge in [0, 0.05) is 33.2 Å². The number of unbranched alkanes of at least 4 members (excludes halogenated alkanes) is 2. The maximum absolute atomic E-state index is 9.83. The first-order chi connectivity index (χ1) is 17.2. The zero-order chi connectivity index (χ0) is 25.1. The van der Waals surface area contributed by atoms with E-state index < -0.39 is 0 Å². The normalized spacial score (nSPS) is 14.4. The summed E-state index contributed by atoms with van der Waals surface area (Å²) >= 11 is 0. The number of benzene rings is 2. The Kier molecular flexibility index (Phi) is 15.3. The van der Waals surface area contributed by atoms with Gasteiger partial charge in [0.25, 0.3) is 0 Å². The molecule has 0 saturated carbocycles. The van der Waals surface area contributed by atoms with E-state index >= 15 is 0 Å². The molecule has 0 aliphatic carbocycles. The van der Waals surface area contributed by atoms with Crippen LogP contribution in [-0.2, 0) is 32.2 Å². The van der Waals surface area contributed by atoms with Crippen LogP contribution in [0.25, 0.3) is 0 Å². The Balaban J connectivity index is 2.13. The number of ether oxygens (including phenoxy) is 4. The lowest BCUT2D eigenvalue weighted by molar-refractivity contribution is -0.137. The van der Waals surface area contributed by atoms with E-state index in [1.165, 1.54) is 18.4 Å². The third kappa shape index (κ3) is 12.0. The van der Waals surface area contributed by atoms with Crippen LogP contribution in [0.2, 0.25) is 0 Å². The number of hydrogen-bond acceptors (Lipinski definition) is 5. The van der Waals surface area contributed by atoms with Crippen LogP contribution >= 0.6 is 0 Å². The molecule has 2 rings (SSSR count). The first-order valence-corrected chi connectivity index (χ1v) is 12.9. The monoisotopic (exact) mass is 484 g/mol. The summed E-state index contributed by atoms with van der Waals surface area (Å²) in [6.07, 6.45) is 9.40. The number of hydrogen-bond donors (Lipinski definition) is 1. The quantitative estimate of drug-likeness (QED) is 0.144. The van der Waals surface area contributed by atoms with Crippen LogP contribution in [-0.4, -0.2) is 44.4 Å². The average Bonchev–Trinajstić information content (AvgIpc) is 2.90. The molecule has 0 aliphatic heterocycles. The summed E-state index contributed by atoms with van der Waals surface area (Å²) < 4.78 is 23.6.